The van der Waals surface area contributed by atoms with Gasteiger partial charge < -0.3 is 10.6 Å². The Labute approximate surface area is 127 Å². The summed E-state index contributed by atoms with van der Waals surface area (Å²) in [7, 11) is 0. The summed E-state index contributed by atoms with van der Waals surface area (Å²) >= 11 is 0. The van der Waals surface area contributed by atoms with Gasteiger partial charge in [-0.3, -0.25) is 4.99 Å². The first kappa shape index (κ1) is 15.8. The van der Waals surface area contributed by atoms with Crippen LogP contribution in [0.2, 0.25) is 0 Å². The summed E-state index contributed by atoms with van der Waals surface area (Å²) in [6, 6.07) is 6.64. The molecule has 1 aromatic rings. The Morgan fingerprint density at radius 1 is 1.38 bits per heavy atom. The average molecular weight is 291 g/mol. The molecule has 0 amide bonds. The Morgan fingerprint density at radius 2 is 2.05 bits per heavy atom. The van der Waals surface area contributed by atoms with E-state index in [0.29, 0.717) is 18.4 Å². The predicted octanol–water partition coefficient (Wildman–Crippen LogP) is 3.15. The van der Waals surface area contributed by atoms with Crippen LogP contribution in [0.15, 0.2) is 29.3 Å². The lowest BCUT2D eigenvalue weighted by atomic mass is 9.85. The molecule has 1 unspecified atom stereocenters. The van der Waals surface area contributed by atoms with Gasteiger partial charge in [0.1, 0.15) is 5.82 Å². The summed E-state index contributed by atoms with van der Waals surface area (Å²) in [6.07, 6.45) is 2.45. The molecule has 1 fully saturated rings. The van der Waals surface area contributed by atoms with Gasteiger partial charge in [-0.1, -0.05) is 32.9 Å². The first-order valence-electron chi connectivity index (χ1n) is 7.69. The van der Waals surface area contributed by atoms with Gasteiger partial charge in [-0.25, -0.2) is 4.39 Å². The SMILES string of the molecule is CC1CCCN(C(N)=NCC(C)(C)c2ccc(F)cc2)C1. The van der Waals surface area contributed by atoms with E-state index in [4.69, 9.17) is 5.73 Å². The van der Waals surface area contributed by atoms with Crippen molar-refractivity contribution in [1.29, 1.82) is 0 Å². The lowest BCUT2D eigenvalue weighted by Gasteiger charge is -2.32. The van der Waals surface area contributed by atoms with E-state index >= 15 is 0 Å². The van der Waals surface area contributed by atoms with Crippen LogP contribution in [0.4, 0.5) is 4.39 Å². The zero-order valence-electron chi connectivity index (χ0n) is 13.3. The molecular weight excluding hydrogens is 265 g/mol. The number of nitrogens with two attached hydrogens (primary N) is 1. The number of rotatable bonds is 3. The fourth-order valence-corrected chi connectivity index (χ4v) is 2.77. The van der Waals surface area contributed by atoms with Crippen LogP contribution in [0, 0.1) is 11.7 Å². The molecule has 1 aliphatic heterocycles. The number of likely N-dealkylation sites (tertiary alicyclic amines) is 1. The molecule has 1 aromatic carbocycles. The lowest BCUT2D eigenvalue weighted by Crippen LogP contribution is -2.44. The number of halogens is 1. The number of benzene rings is 1. The third-order valence-corrected chi connectivity index (χ3v) is 4.24. The van der Waals surface area contributed by atoms with Crippen LogP contribution < -0.4 is 5.73 Å². The largest absolute Gasteiger partial charge is 0.370 e. The monoisotopic (exact) mass is 291 g/mol. The standard InChI is InChI=1S/C17H26FN3/c1-13-5-4-10-21(11-13)16(19)20-12-17(2,3)14-6-8-15(18)9-7-14/h6-9,13H,4-5,10-12H2,1-3H3,(H2,19,20). The van der Waals surface area contributed by atoms with E-state index in [1.807, 2.05) is 12.1 Å². The third-order valence-electron chi connectivity index (χ3n) is 4.24. The maximum absolute atomic E-state index is 13.0. The smallest absolute Gasteiger partial charge is 0.191 e. The van der Waals surface area contributed by atoms with Gasteiger partial charge in [-0.05, 0) is 36.5 Å². The van der Waals surface area contributed by atoms with Crippen molar-refractivity contribution in [2.75, 3.05) is 19.6 Å². The summed E-state index contributed by atoms with van der Waals surface area (Å²) in [5.74, 6) is 1.11. The van der Waals surface area contributed by atoms with E-state index in [2.05, 4.69) is 30.7 Å². The van der Waals surface area contributed by atoms with Crippen molar-refractivity contribution in [3.05, 3.63) is 35.6 Å². The van der Waals surface area contributed by atoms with Crippen LogP contribution in [0.25, 0.3) is 0 Å². The molecule has 2 rings (SSSR count). The molecule has 4 heteroatoms. The Balaban J connectivity index is 2.02. The highest BCUT2D eigenvalue weighted by Crippen LogP contribution is 2.24. The van der Waals surface area contributed by atoms with Gasteiger partial charge in [0.15, 0.2) is 5.96 Å². The average Bonchev–Trinajstić information content (AvgIpc) is 2.45. The number of nitrogens with zero attached hydrogens (tertiary/aromatic N) is 2. The first-order chi connectivity index (χ1) is 9.88. The van der Waals surface area contributed by atoms with Crippen LogP contribution in [0.5, 0.6) is 0 Å². The summed E-state index contributed by atoms with van der Waals surface area (Å²) in [4.78, 5) is 6.75. The normalized spacial score (nSPS) is 20.7. The van der Waals surface area contributed by atoms with Gasteiger partial charge >= 0.3 is 0 Å². The Morgan fingerprint density at radius 3 is 2.67 bits per heavy atom. The first-order valence-corrected chi connectivity index (χ1v) is 7.69. The van der Waals surface area contributed by atoms with Crippen LogP contribution in [-0.2, 0) is 5.41 Å². The molecule has 0 aromatic heterocycles. The molecule has 3 nitrogen and oxygen atoms in total. The van der Waals surface area contributed by atoms with Gasteiger partial charge in [-0.15, -0.1) is 0 Å². The maximum Gasteiger partial charge on any atom is 0.191 e. The van der Waals surface area contributed by atoms with Crippen molar-refractivity contribution in [1.82, 2.24) is 4.90 Å². The molecule has 0 bridgehead atoms. The van der Waals surface area contributed by atoms with Crippen molar-refractivity contribution in [2.24, 2.45) is 16.6 Å². The maximum atomic E-state index is 13.0. The molecule has 1 saturated heterocycles. The summed E-state index contributed by atoms with van der Waals surface area (Å²) in [6.45, 7) is 9.06. The highest BCUT2D eigenvalue weighted by molar-refractivity contribution is 5.78. The highest BCUT2D eigenvalue weighted by Gasteiger charge is 2.22. The number of hydrogen-bond donors (Lipinski definition) is 1. The van der Waals surface area contributed by atoms with Gasteiger partial charge in [0.25, 0.3) is 0 Å². The second-order valence-electron chi connectivity index (χ2n) is 6.76. The molecule has 0 spiro atoms. The van der Waals surface area contributed by atoms with E-state index in [-0.39, 0.29) is 11.2 Å². The van der Waals surface area contributed by atoms with E-state index in [1.165, 1.54) is 25.0 Å². The highest BCUT2D eigenvalue weighted by atomic mass is 19.1. The fourth-order valence-electron chi connectivity index (χ4n) is 2.77. The Hall–Kier alpha value is -1.58. The Bertz CT molecular complexity index is 493. The van der Waals surface area contributed by atoms with Gasteiger partial charge in [-0.2, -0.15) is 0 Å². The summed E-state index contributed by atoms with van der Waals surface area (Å²) < 4.78 is 13.0. The topological polar surface area (TPSA) is 41.6 Å². The molecule has 116 valence electrons. The van der Waals surface area contributed by atoms with Crippen molar-refractivity contribution >= 4 is 5.96 Å². The Kier molecular flexibility index (Phi) is 4.86. The van der Waals surface area contributed by atoms with Crippen molar-refractivity contribution < 1.29 is 4.39 Å². The van der Waals surface area contributed by atoms with Crippen molar-refractivity contribution in [3.63, 3.8) is 0 Å². The van der Waals surface area contributed by atoms with Gasteiger partial charge in [0.2, 0.25) is 0 Å². The van der Waals surface area contributed by atoms with E-state index < -0.39 is 0 Å². The molecule has 1 atom stereocenters. The molecule has 0 saturated carbocycles. The zero-order valence-corrected chi connectivity index (χ0v) is 13.3. The lowest BCUT2D eigenvalue weighted by molar-refractivity contribution is 0.270. The van der Waals surface area contributed by atoms with Crippen LogP contribution >= 0.6 is 0 Å². The summed E-state index contributed by atoms with van der Waals surface area (Å²) in [5, 5.41) is 0. The van der Waals surface area contributed by atoms with E-state index in [0.717, 1.165) is 18.7 Å². The summed E-state index contributed by atoms with van der Waals surface area (Å²) in [5.41, 5.74) is 7.06. The minimum atomic E-state index is -0.208. The third kappa shape index (κ3) is 4.19. The molecule has 1 aliphatic rings. The fraction of sp³-hybridized carbons (Fsp3) is 0.588. The van der Waals surface area contributed by atoms with Crippen molar-refractivity contribution in [3.8, 4) is 0 Å². The second kappa shape index (κ2) is 6.46. The molecule has 0 radical (unpaired) electrons. The molecule has 21 heavy (non-hydrogen) atoms. The second-order valence-corrected chi connectivity index (χ2v) is 6.76. The van der Waals surface area contributed by atoms with E-state index in [1.54, 1.807) is 0 Å². The minimum absolute atomic E-state index is 0.153. The minimum Gasteiger partial charge on any atom is -0.370 e. The number of hydrogen-bond acceptors (Lipinski definition) is 1. The number of guanidine groups is 1. The molecule has 2 N–H and O–H groups in total. The molecular formula is C17H26FN3. The molecule has 0 aliphatic carbocycles. The zero-order chi connectivity index (χ0) is 15.5. The number of piperidine rings is 1. The van der Waals surface area contributed by atoms with Crippen molar-refractivity contribution in [2.45, 2.75) is 39.0 Å². The molecule has 1 heterocycles. The van der Waals surface area contributed by atoms with Crippen LogP contribution in [0.3, 0.4) is 0 Å². The van der Waals surface area contributed by atoms with Crippen LogP contribution in [-0.4, -0.2) is 30.5 Å². The van der Waals surface area contributed by atoms with Crippen LogP contribution in [0.1, 0.15) is 39.2 Å². The van der Waals surface area contributed by atoms with E-state index in [9.17, 15) is 4.39 Å². The quantitative estimate of drug-likeness (QED) is 0.686. The van der Waals surface area contributed by atoms with Gasteiger partial charge in [0, 0.05) is 18.5 Å². The number of aliphatic imine (C=N–C) groups is 1. The predicted molar refractivity (Wildman–Crippen MR) is 85.9 cm³/mol. The van der Waals surface area contributed by atoms with Gasteiger partial charge in [0.05, 0.1) is 6.54 Å².